The molecule has 2 aromatic rings. The molecule has 0 fully saturated rings. The largest absolute Gasteiger partial charge is 0.384 e. The molecule has 0 saturated carbocycles. The molecule has 0 radical (unpaired) electrons. The zero-order chi connectivity index (χ0) is 14.4. The minimum Gasteiger partial charge on any atom is -0.384 e. The average molecular weight is 274 g/mol. The number of aromatic nitrogens is 2. The monoisotopic (exact) mass is 274 g/mol. The molecule has 0 aliphatic carbocycles. The van der Waals surface area contributed by atoms with Crippen molar-refractivity contribution in [1.82, 2.24) is 9.78 Å². The van der Waals surface area contributed by atoms with Gasteiger partial charge in [0.1, 0.15) is 6.10 Å². The Morgan fingerprint density at radius 2 is 1.95 bits per heavy atom. The van der Waals surface area contributed by atoms with Crippen LogP contribution < -0.4 is 0 Å². The molecule has 0 bridgehead atoms. The maximum Gasteiger partial charge on any atom is 0.122 e. The van der Waals surface area contributed by atoms with E-state index in [1.54, 1.807) is 10.9 Å². The standard InChI is InChI=1S/C16H22N2O2/c1-3-8-15(20-4-2)16(19)14-11-12-17-18(14)13-9-6-5-7-10-13/h5-7,9-12,15-16,19H,3-4,8H2,1-2H3. The van der Waals surface area contributed by atoms with Crippen molar-refractivity contribution in [2.24, 2.45) is 0 Å². The van der Waals surface area contributed by atoms with E-state index in [1.165, 1.54) is 0 Å². The Bertz CT molecular complexity index is 504. The van der Waals surface area contributed by atoms with Crippen LogP contribution in [-0.2, 0) is 4.74 Å². The van der Waals surface area contributed by atoms with Crippen LogP contribution in [0.5, 0.6) is 0 Å². The number of benzene rings is 1. The van der Waals surface area contributed by atoms with Crippen molar-refractivity contribution >= 4 is 0 Å². The molecule has 1 N–H and O–H groups in total. The summed E-state index contributed by atoms with van der Waals surface area (Å²) in [7, 11) is 0. The van der Waals surface area contributed by atoms with Crippen LogP contribution in [0.4, 0.5) is 0 Å². The normalized spacial score (nSPS) is 14.2. The lowest BCUT2D eigenvalue weighted by molar-refractivity contribution is -0.0411. The first-order valence-corrected chi connectivity index (χ1v) is 7.17. The summed E-state index contributed by atoms with van der Waals surface area (Å²) in [4.78, 5) is 0. The summed E-state index contributed by atoms with van der Waals surface area (Å²) in [6.45, 7) is 4.64. The Kier molecular flexibility index (Phi) is 5.32. The third kappa shape index (κ3) is 3.26. The van der Waals surface area contributed by atoms with Crippen LogP contribution in [0.1, 0.15) is 38.5 Å². The third-order valence-electron chi connectivity index (χ3n) is 3.28. The topological polar surface area (TPSA) is 47.3 Å². The Hall–Kier alpha value is -1.65. The summed E-state index contributed by atoms with van der Waals surface area (Å²) < 4.78 is 7.44. The van der Waals surface area contributed by atoms with E-state index in [9.17, 15) is 5.11 Å². The number of hydrogen-bond acceptors (Lipinski definition) is 3. The van der Waals surface area contributed by atoms with Gasteiger partial charge in [-0.25, -0.2) is 4.68 Å². The highest BCUT2D eigenvalue weighted by atomic mass is 16.5. The van der Waals surface area contributed by atoms with Crippen LogP contribution in [0.25, 0.3) is 5.69 Å². The summed E-state index contributed by atoms with van der Waals surface area (Å²) in [5.74, 6) is 0. The van der Waals surface area contributed by atoms with Gasteiger partial charge in [0.15, 0.2) is 0 Å². The first-order valence-electron chi connectivity index (χ1n) is 7.17. The number of hydrogen-bond donors (Lipinski definition) is 1. The summed E-state index contributed by atoms with van der Waals surface area (Å²) in [5.41, 5.74) is 1.71. The van der Waals surface area contributed by atoms with Gasteiger partial charge in [-0.2, -0.15) is 5.10 Å². The molecule has 0 spiro atoms. The Morgan fingerprint density at radius 1 is 1.20 bits per heavy atom. The molecule has 4 nitrogen and oxygen atoms in total. The van der Waals surface area contributed by atoms with Gasteiger partial charge in [-0.1, -0.05) is 31.5 Å². The van der Waals surface area contributed by atoms with Gasteiger partial charge in [-0.3, -0.25) is 0 Å². The van der Waals surface area contributed by atoms with Crippen molar-refractivity contribution in [3.63, 3.8) is 0 Å². The van der Waals surface area contributed by atoms with E-state index in [0.717, 1.165) is 24.2 Å². The van der Waals surface area contributed by atoms with E-state index in [-0.39, 0.29) is 6.10 Å². The molecule has 108 valence electrons. The van der Waals surface area contributed by atoms with E-state index in [0.29, 0.717) is 6.61 Å². The highest BCUT2D eigenvalue weighted by molar-refractivity contribution is 5.33. The van der Waals surface area contributed by atoms with Gasteiger partial charge in [-0.05, 0) is 31.5 Å². The number of ether oxygens (including phenoxy) is 1. The van der Waals surface area contributed by atoms with Crippen molar-refractivity contribution in [3.05, 3.63) is 48.3 Å². The second kappa shape index (κ2) is 7.22. The van der Waals surface area contributed by atoms with Gasteiger partial charge in [0.2, 0.25) is 0 Å². The number of aliphatic hydroxyl groups is 1. The summed E-state index contributed by atoms with van der Waals surface area (Å²) in [5, 5.41) is 14.9. The number of para-hydroxylation sites is 1. The quantitative estimate of drug-likeness (QED) is 0.844. The first kappa shape index (κ1) is 14.8. The molecule has 4 heteroatoms. The fraction of sp³-hybridized carbons (Fsp3) is 0.438. The number of aliphatic hydroxyl groups excluding tert-OH is 1. The van der Waals surface area contributed by atoms with Gasteiger partial charge in [0, 0.05) is 12.8 Å². The molecule has 1 aromatic heterocycles. The predicted molar refractivity (Wildman–Crippen MR) is 78.8 cm³/mol. The average Bonchev–Trinajstić information content (AvgIpc) is 2.96. The maximum atomic E-state index is 10.6. The van der Waals surface area contributed by atoms with Crippen LogP contribution in [0.3, 0.4) is 0 Å². The van der Waals surface area contributed by atoms with E-state index in [2.05, 4.69) is 12.0 Å². The molecule has 2 rings (SSSR count). The molecule has 0 amide bonds. The van der Waals surface area contributed by atoms with E-state index < -0.39 is 6.10 Å². The van der Waals surface area contributed by atoms with Gasteiger partial charge in [0.05, 0.1) is 17.5 Å². The second-order valence-electron chi connectivity index (χ2n) is 4.73. The predicted octanol–water partition coefficient (Wildman–Crippen LogP) is 3.11. The van der Waals surface area contributed by atoms with Crippen LogP contribution in [0, 0.1) is 0 Å². The lowest BCUT2D eigenvalue weighted by Crippen LogP contribution is -2.24. The number of nitrogens with zero attached hydrogens (tertiary/aromatic N) is 2. The molecule has 20 heavy (non-hydrogen) atoms. The van der Waals surface area contributed by atoms with E-state index in [1.807, 2.05) is 43.3 Å². The fourth-order valence-corrected chi connectivity index (χ4v) is 2.34. The molecule has 1 aromatic carbocycles. The SMILES string of the molecule is CCCC(OCC)C(O)c1ccnn1-c1ccccc1. The van der Waals surface area contributed by atoms with Crippen LogP contribution in [-0.4, -0.2) is 27.6 Å². The van der Waals surface area contributed by atoms with E-state index >= 15 is 0 Å². The molecule has 1 heterocycles. The third-order valence-corrected chi connectivity index (χ3v) is 3.28. The molecular formula is C16H22N2O2. The van der Waals surface area contributed by atoms with Crippen molar-refractivity contribution in [2.45, 2.75) is 38.9 Å². The molecular weight excluding hydrogens is 252 g/mol. The van der Waals surface area contributed by atoms with Gasteiger partial charge < -0.3 is 9.84 Å². The Labute approximate surface area is 120 Å². The lowest BCUT2D eigenvalue weighted by atomic mass is 10.1. The van der Waals surface area contributed by atoms with Crippen molar-refractivity contribution < 1.29 is 9.84 Å². The molecule has 0 aliphatic heterocycles. The molecule has 2 atom stereocenters. The van der Waals surface area contributed by atoms with Crippen LogP contribution >= 0.6 is 0 Å². The zero-order valence-electron chi connectivity index (χ0n) is 12.1. The minimum absolute atomic E-state index is 0.191. The lowest BCUT2D eigenvalue weighted by Gasteiger charge is -2.23. The number of rotatable bonds is 7. The fourth-order valence-electron chi connectivity index (χ4n) is 2.34. The second-order valence-corrected chi connectivity index (χ2v) is 4.73. The van der Waals surface area contributed by atoms with Gasteiger partial charge in [-0.15, -0.1) is 0 Å². The summed E-state index contributed by atoms with van der Waals surface area (Å²) in [6, 6.07) is 11.7. The molecule has 0 aliphatic rings. The first-order chi connectivity index (χ1) is 9.77. The molecule has 0 saturated heterocycles. The van der Waals surface area contributed by atoms with Crippen molar-refractivity contribution in [1.29, 1.82) is 0 Å². The smallest absolute Gasteiger partial charge is 0.122 e. The van der Waals surface area contributed by atoms with Crippen molar-refractivity contribution in [3.8, 4) is 5.69 Å². The Morgan fingerprint density at radius 3 is 2.60 bits per heavy atom. The van der Waals surface area contributed by atoms with Crippen LogP contribution in [0.2, 0.25) is 0 Å². The molecule has 2 unspecified atom stereocenters. The minimum atomic E-state index is -0.669. The summed E-state index contributed by atoms with van der Waals surface area (Å²) >= 11 is 0. The zero-order valence-corrected chi connectivity index (χ0v) is 12.1. The van der Waals surface area contributed by atoms with Gasteiger partial charge in [0.25, 0.3) is 0 Å². The van der Waals surface area contributed by atoms with Gasteiger partial charge >= 0.3 is 0 Å². The Balaban J connectivity index is 2.26. The van der Waals surface area contributed by atoms with E-state index in [4.69, 9.17) is 4.74 Å². The maximum absolute atomic E-state index is 10.6. The highest BCUT2D eigenvalue weighted by Gasteiger charge is 2.24. The summed E-state index contributed by atoms with van der Waals surface area (Å²) in [6.07, 6.45) is 2.65. The van der Waals surface area contributed by atoms with Crippen molar-refractivity contribution in [2.75, 3.05) is 6.61 Å². The van der Waals surface area contributed by atoms with Crippen LogP contribution in [0.15, 0.2) is 42.6 Å². The highest BCUT2D eigenvalue weighted by Crippen LogP contribution is 2.24.